The third-order valence-corrected chi connectivity index (χ3v) is 5.51. The van der Waals surface area contributed by atoms with E-state index in [0.717, 1.165) is 10.9 Å². The summed E-state index contributed by atoms with van der Waals surface area (Å²) in [7, 11) is 0. The van der Waals surface area contributed by atoms with Crippen molar-refractivity contribution in [3.8, 4) is 11.4 Å². The minimum absolute atomic E-state index is 0.179. The van der Waals surface area contributed by atoms with Gasteiger partial charge in [-0.25, -0.2) is 15.0 Å². The summed E-state index contributed by atoms with van der Waals surface area (Å²) in [4.78, 5) is 16.8. The summed E-state index contributed by atoms with van der Waals surface area (Å²) in [6.07, 6.45) is 9.97. The van der Waals surface area contributed by atoms with Gasteiger partial charge in [0.05, 0.1) is 16.8 Å². The van der Waals surface area contributed by atoms with Crippen LogP contribution in [0.15, 0.2) is 42.7 Å². The Morgan fingerprint density at radius 1 is 1.03 bits per heavy atom. The van der Waals surface area contributed by atoms with Crippen molar-refractivity contribution in [2.24, 2.45) is 5.73 Å². The predicted molar refractivity (Wildman–Crippen MR) is 127 cm³/mol. The number of anilines is 2. The molecule has 0 amide bonds. The van der Waals surface area contributed by atoms with Crippen LogP contribution in [0.3, 0.4) is 0 Å². The normalized spacial score (nSPS) is 14.1. The first-order valence-electron chi connectivity index (χ1n) is 10.6. The van der Waals surface area contributed by atoms with E-state index in [9.17, 15) is 0 Å². The summed E-state index contributed by atoms with van der Waals surface area (Å²) in [5, 5.41) is 11.7. The molecule has 9 nitrogen and oxygen atoms in total. The molecule has 1 aliphatic rings. The molecule has 3 heterocycles. The number of hydrogen-bond acceptors (Lipinski definition) is 8. The number of nitrogens with one attached hydrogen (secondary N) is 2. The average Bonchev–Trinajstić information content (AvgIpc) is 3.23. The zero-order valence-electron chi connectivity index (χ0n) is 17.6. The van der Waals surface area contributed by atoms with Gasteiger partial charge >= 0.3 is 0 Å². The highest BCUT2D eigenvalue weighted by Crippen LogP contribution is 2.24. The van der Waals surface area contributed by atoms with Crippen LogP contribution in [0, 0.1) is 0 Å². The number of nitrogens with two attached hydrogens (primary N) is 2. The topological polar surface area (TPSA) is 144 Å². The van der Waals surface area contributed by atoms with Crippen molar-refractivity contribution in [3.05, 3.63) is 53.3 Å². The fourth-order valence-corrected chi connectivity index (χ4v) is 3.64. The largest absolute Gasteiger partial charge is 0.368 e. The van der Waals surface area contributed by atoms with Gasteiger partial charge in [-0.05, 0) is 36.6 Å². The third-order valence-electron chi connectivity index (χ3n) is 5.26. The Morgan fingerprint density at radius 2 is 1.81 bits per heavy atom. The molecule has 1 aliphatic carbocycles. The first-order valence-corrected chi connectivity index (χ1v) is 11.0. The van der Waals surface area contributed by atoms with Crippen molar-refractivity contribution < 1.29 is 0 Å². The van der Waals surface area contributed by atoms with Crippen LogP contribution >= 0.6 is 11.6 Å². The average molecular weight is 452 g/mol. The fraction of sp³-hybridized carbons (Fsp3) is 0.318. The molecule has 10 heteroatoms. The van der Waals surface area contributed by atoms with E-state index in [1.54, 1.807) is 18.5 Å². The van der Waals surface area contributed by atoms with Crippen molar-refractivity contribution in [1.29, 1.82) is 0 Å². The molecular weight excluding hydrogens is 426 g/mol. The molecule has 0 spiro atoms. The standard InChI is InChI=1S/C16H13ClN8.C6H13N/c17-10-3-1-9(2-4-10)7-21-16-19-6-5-12(22-16)13-11-8-20-15(18)23-14(11)25-24-13;7-6-4-2-1-3-5-6/h1-6,8H,7H2,(H,19,21,22)(H3,18,20,23,24,25);6H,1-5,7H2. The second-order valence-electron chi connectivity index (χ2n) is 7.71. The molecular formula is C22H26ClN9. The van der Waals surface area contributed by atoms with E-state index in [2.05, 4.69) is 35.5 Å². The van der Waals surface area contributed by atoms with E-state index in [4.69, 9.17) is 23.1 Å². The van der Waals surface area contributed by atoms with Gasteiger partial charge in [0.15, 0.2) is 5.65 Å². The first-order chi connectivity index (χ1) is 15.6. The zero-order chi connectivity index (χ0) is 22.3. The van der Waals surface area contributed by atoms with Crippen LogP contribution < -0.4 is 16.8 Å². The summed E-state index contributed by atoms with van der Waals surface area (Å²) in [5.41, 5.74) is 14.2. The number of hydrogen-bond donors (Lipinski definition) is 4. The minimum atomic E-state index is 0.179. The van der Waals surface area contributed by atoms with Crippen molar-refractivity contribution in [2.75, 3.05) is 11.1 Å². The Hall–Kier alpha value is -3.30. The van der Waals surface area contributed by atoms with Crippen LogP contribution in [0.2, 0.25) is 5.02 Å². The number of H-pyrrole nitrogens is 1. The van der Waals surface area contributed by atoms with Gasteiger partial charge in [0.2, 0.25) is 11.9 Å². The number of benzene rings is 1. The Balaban J connectivity index is 0.000000300. The van der Waals surface area contributed by atoms with Crippen LogP contribution in [0.25, 0.3) is 22.4 Å². The molecule has 1 fully saturated rings. The number of halogens is 1. The summed E-state index contributed by atoms with van der Waals surface area (Å²) < 4.78 is 0. The third kappa shape index (κ3) is 5.68. The molecule has 166 valence electrons. The van der Waals surface area contributed by atoms with Crippen LogP contribution in [0.5, 0.6) is 0 Å². The molecule has 32 heavy (non-hydrogen) atoms. The molecule has 5 rings (SSSR count). The van der Waals surface area contributed by atoms with E-state index in [0.29, 0.717) is 40.6 Å². The summed E-state index contributed by atoms with van der Waals surface area (Å²) >= 11 is 5.89. The molecule has 0 atom stereocenters. The monoisotopic (exact) mass is 451 g/mol. The molecule has 0 radical (unpaired) electrons. The molecule has 1 saturated carbocycles. The highest BCUT2D eigenvalue weighted by molar-refractivity contribution is 6.30. The number of nitrogens with zero attached hydrogens (tertiary/aromatic N) is 5. The van der Waals surface area contributed by atoms with Gasteiger partial charge in [0.25, 0.3) is 0 Å². The molecule has 0 bridgehead atoms. The zero-order valence-corrected chi connectivity index (χ0v) is 18.4. The summed E-state index contributed by atoms with van der Waals surface area (Å²) in [6.45, 7) is 0.587. The second-order valence-corrected chi connectivity index (χ2v) is 8.14. The van der Waals surface area contributed by atoms with Crippen molar-refractivity contribution in [3.63, 3.8) is 0 Å². The highest BCUT2D eigenvalue weighted by atomic mass is 35.5. The highest BCUT2D eigenvalue weighted by Gasteiger charge is 2.12. The number of aromatic nitrogens is 6. The van der Waals surface area contributed by atoms with Gasteiger partial charge in [-0.3, -0.25) is 5.10 Å². The number of rotatable bonds is 4. The quantitative estimate of drug-likeness (QED) is 0.365. The summed E-state index contributed by atoms with van der Waals surface area (Å²) in [5.74, 6) is 0.685. The Morgan fingerprint density at radius 3 is 2.53 bits per heavy atom. The van der Waals surface area contributed by atoms with Crippen molar-refractivity contribution >= 4 is 34.5 Å². The molecule has 0 aliphatic heterocycles. The van der Waals surface area contributed by atoms with E-state index in [-0.39, 0.29) is 5.95 Å². The maximum absolute atomic E-state index is 5.89. The van der Waals surface area contributed by atoms with Crippen molar-refractivity contribution in [2.45, 2.75) is 44.7 Å². The smallest absolute Gasteiger partial charge is 0.223 e. The molecule has 3 aromatic heterocycles. The van der Waals surface area contributed by atoms with Gasteiger partial charge in [0, 0.05) is 30.0 Å². The van der Waals surface area contributed by atoms with Gasteiger partial charge < -0.3 is 16.8 Å². The second kappa shape index (κ2) is 10.3. The van der Waals surface area contributed by atoms with E-state index < -0.39 is 0 Å². The van der Waals surface area contributed by atoms with Gasteiger partial charge in [-0.2, -0.15) is 10.1 Å². The Kier molecular flexibility index (Phi) is 7.08. The first kappa shape index (κ1) is 21.9. The van der Waals surface area contributed by atoms with Gasteiger partial charge in [-0.1, -0.05) is 43.0 Å². The molecule has 0 unspecified atom stereocenters. The van der Waals surface area contributed by atoms with E-state index in [1.807, 2.05) is 24.3 Å². The molecule has 6 N–H and O–H groups in total. The lowest BCUT2D eigenvalue weighted by molar-refractivity contribution is 0.441. The van der Waals surface area contributed by atoms with Crippen LogP contribution in [0.1, 0.15) is 37.7 Å². The lowest BCUT2D eigenvalue weighted by Crippen LogP contribution is -2.22. The van der Waals surface area contributed by atoms with E-state index >= 15 is 0 Å². The predicted octanol–water partition coefficient (Wildman–Crippen LogP) is 3.94. The number of nitrogen functional groups attached to an aromatic ring is 1. The molecule has 1 aromatic carbocycles. The number of fused-ring (bicyclic) bond motifs is 1. The molecule has 4 aromatic rings. The lowest BCUT2D eigenvalue weighted by Gasteiger charge is -2.15. The lowest BCUT2D eigenvalue weighted by atomic mass is 9.97. The van der Waals surface area contributed by atoms with E-state index in [1.165, 1.54) is 32.1 Å². The Bertz CT molecular complexity index is 1150. The maximum atomic E-state index is 5.89. The fourth-order valence-electron chi connectivity index (χ4n) is 3.51. The number of aromatic amines is 1. The Labute approximate surface area is 191 Å². The van der Waals surface area contributed by atoms with Crippen LogP contribution in [-0.2, 0) is 6.54 Å². The summed E-state index contributed by atoms with van der Waals surface area (Å²) in [6, 6.07) is 9.91. The molecule has 0 saturated heterocycles. The van der Waals surface area contributed by atoms with Gasteiger partial charge in [0.1, 0.15) is 0 Å². The SMILES string of the molecule is NC1CCCCC1.Nc1ncc2c(-c3ccnc(NCc4ccc(Cl)cc4)n3)[nH]nc2n1. The maximum Gasteiger partial charge on any atom is 0.223 e. The minimum Gasteiger partial charge on any atom is -0.368 e. The van der Waals surface area contributed by atoms with Crippen molar-refractivity contribution in [1.82, 2.24) is 30.1 Å². The van der Waals surface area contributed by atoms with Crippen LogP contribution in [-0.4, -0.2) is 36.2 Å². The van der Waals surface area contributed by atoms with Crippen LogP contribution in [0.4, 0.5) is 11.9 Å². The van der Waals surface area contributed by atoms with Gasteiger partial charge in [-0.15, -0.1) is 0 Å².